The van der Waals surface area contributed by atoms with E-state index in [0.717, 1.165) is 23.4 Å². The van der Waals surface area contributed by atoms with E-state index in [9.17, 15) is 4.79 Å². The molecule has 5 nitrogen and oxygen atoms in total. The van der Waals surface area contributed by atoms with Crippen LogP contribution in [0.2, 0.25) is 0 Å². The maximum absolute atomic E-state index is 11.5. The summed E-state index contributed by atoms with van der Waals surface area (Å²) in [6.07, 6.45) is 5.37. The van der Waals surface area contributed by atoms with Crippen molar-refractivity contribution in [2.24, 2.45) is 0 Å². The van der Waals surface area contributed by atoms with Gasteiger partial charge in [-0.3, -0.25) is 4.79 Å². The van der Waals surface area contributed by atoms with Gasteiger partial charge in [0.25, 0.3) is 5.56 Å². The van der Waals surface area contributed by atoms with Crippen molar-refractivity contribution in [2.75, 3.05) is 12.0 Å². The molecule has 0 aromatic carbocycles. The summed E-state index contributed by atoms with van der Waals surface area (Å²) in [7, 11) is 0. The molecule has 0 amide bonds. The molecular formula is C11H16N4OS. The highest BCUT2D eigenvalue weighted by Crippen LogP contribution is 2.11. The average Bonchev–Trinajstić information content (AvgIpc) is 2.72. The van der Waals surface area contributed by atoms with Crippen LogP contribution in [0, 0.1) is 0 Å². The third kappa shape index (κ3) is 2.70. The molecule has 0 aliphatic carbocycles. The van der Waals surface area contributed by atoms with Gasteiger partial charge in [0.05, 0.1) is 11.8 Å². The van der Waals surface area contributed by atoms with Crippen LogP contribution in [0.1, 0.15) is 12.5 Å². The third-order valence-corrected chi connectivity index (χ3v) is 3.44. The fourth-order valence-corrected chi connectivity index (χ4v) is 2.35. The Hall–Kier alpha value is -1.27. The summed E-state index contributed by atoms with van der Waals surface area (Å²) < 4.78 is 0. The van der Waals surface area contributed by atoms with E-state index in [1.54, 1.807) is 0 Å². The van der Waals surface area contributed by atoms with E-state index in [1.165, 1.54) is 6.33 Å². The van der Waals surface area contributed by atoms with Crippen LogP contribution in [0.5, 0.6) is 0 Å². The average molecular weight is 252 g/mol. The number of aromatic nitrogens is 3. The number of fused-ring (bicyclic) bond motifs is 1. The standard InChI is InChI=1S/C11H16N4OS/c1-7(5-17-2)12-3-8-4-13-10-9(8)14-6-15-11(10)16/h4,6-7,12-13H,3,5H2,1-2H3,(H,14,15,16). The molecule has 0 radical (unpaired) electrons. The first kappa shape index (κ1) is 12.2. The van der Waals surface area contributed by atoms with Gasteiger partial charge < -0.3 is 15.3 Å². The summed E-state index contributed by atoms with van der Waals surface area (Å²) in [4.78, 5) is 21.2. The second-order valence-corrected chi connectivity index (χ2v) is 4.92. The lowest BCUT2D eigenvalue weighted by atomic mass is 10.2. The second-order valence-electron chi connectivity index (χ2n) is 4.01. The van der Waals surface area contributed by atoms with Crippen molar-refractivity contribution in [1.82, 2.24) is 20.3 Å². The highest BCUT2D eigenvalue weighted by Gasteiger charge is 2.08. The Morgan fingerprint density at radius 3 is 3.12 bits per heavy atom. The number of aromatic amines is 2. The predicted molar refractivity (Wildman–Crippen MR) is 71.4 cm³/mol. The van der Waals surface area contributed by atoms with Gasteiger partial charge in [0, 0.05) is 30.1 Å². The van der Waals surface area contributed by atoms with Gasteiger partial charge in [-0.05, 0) is 13.2 Å². The second kappa shape index (κ2) is 5.37. The Morgan fingerprint density at radius 2 is 2.35 bits per heavy atom. The number of nitrogens with one attached hydrogen (secondary N) is 3. The minimum atomic E-state index is -0.126. The monoisotopic (exact) mass is 252 g/mol. The summed E-state index contributed by atoms with van der Waals surface area (Å²) in [5.41, 5.74) is 2.19. The van der Waals surface area contributed by atoms with E-state index in [4.69, 9.17) is 0 Å². The van der Waals surface area contributed by atoms with Crippen LogP contribution in [0.4, 0.5) is 0 Å². The zero-order valence-corrected chi connectivity index (χ0v) is 10.7. The Labute approximate surface area is 103 Å². The summed E-state index contributed by atoms with van der Waals surface area (Å²) in [6.45, 7) is 2.86. The van der Waals surface area contributed by atoms with E-state index in [-0.39, 0.29) is 5.56 Å². The molecule has 2 aromatic rings. The molecule has 0 saturated carbocycles. The molecule has 92 valence electrons. The van der Waals surface area contributed by atoms with Crippen LogP contribution < -0.4 is 10.9 Å². The minimum absolute atomic E-state index is 0.126. The molecule has 0 aliphatic heterocycles. The molecule has 2 rings (SSSR count). The van der Waals surface area contributed by atoms with E-state index < -0.39 is 0 Å². The van der Waals surface area contributed by atoms with Crippen LogP contribution in [0.3, 0.4) is 0 Å². The summed E-state index contributed by atoms with van der Waals surface area (Å²) in [6, 6.07) is 0.442. The maximum atomic E-state index is 11.5. The topological polar surface area (TPSA) is 73.6 Å². The Morgan fingerprint density at radius 1 is 1.53 bits per heavy atom. The minimum Gasteiger partial charge on any atom is -0.355 e. The molecule has 0 fully saturated rings. The highest BCUT2D eigenvalue weighted by molar-refractivity contribution is 7.98. The number of H-pyrrole nitrogens is 2. The molecule has 3 N–H and O–H groups in total. The van der Waals surface area contributed by atoms with E-state index >= 15 is 0 Å². The van der Waals surface area contributed by atoms with Gasteiger partial charge in [-0.1, -0.05) is 0 Å². The zero-order chi connectivity index (χ0) is 12.3. The first-order chi connectivity index (χ1) is 8.22. The quantitative estimate of drug-likeness (QED) is 0.745. The summed E-state index contributed by atoms with van der Waals surface area (Å²) in [5.74, 6) is 1.07. The van der Waals surface area contributed by atoms with Crippen molar-refractivity contribution in [3.05, 3.63) is 28.4 Å². The van der Waals surface area contributed by atoms with Crippen LogP contribution in [-0.2, 0) is 6.54 Å². The SMILES string of the molecule is CSCC(C)NCc1c[nH]c2c(=O)[nH]cnc12. The van der Waals surface area contributed by atoms with E-state index in [0.29, 0.717) is 11.6 Å². The molecule has 2 aromatic heterocycles. The molecule has 1 unspecified atom stereocenters. The molecule has 0 spiro atoms. The van der Waals surface area contributed by atoms with Gasteiger partial charge in [0.15, 0.2) is 0 Å². The fourth-order valence-electron chi connectivity index (χ4n) is 1.73. The highest BCUT2D eigenvalue weighted by atomic mass is 32.2. The normalized spacial score (nSPS) is 13.1. The van der Waals surface area contributed by atoms with Crippen molar-refractivity contribution < 1.29 is 0 Å². The van der Waals surface area contributed by atoms with Crippen LogP contribution in [0.25, 0.3) is 11.0 Å². The van der Waals surface area contributed by atoms with Crippen molar-refractivity contribution >= 4 is 22.8 Å². The van der Waals surface area contributed by atoms with Crippen molar-refractivity contribution in [3.8, 4) is 0 Å². The third-order valence-electron chi connectivity index (χ3n) is 2.61. The van der Waals surface area contributed by atoms with Crippen molar-refractivity contribution in [1.29, 1.82) is 0 Å². The molecule has 0 bridgehead atoms. The van der Waals surface area contributed by atoms with Crippen molar-refractivity contribution in [2.45, 2.75) is 19.5 Å². The largest absolute Gasteiger partial charge is 0.355 e. The number of nitrogens with zero attached hydrogens (tertiary/aromatic N) is 1. The van der Waals surface area contributed by atoms with Gasteiger partial charge in [-0.25, -0.2) is 4.98 Å². The number of rotatable bonds is 5. The number of thioether (sulfide) groups is 1. The van der Waals surface area contributed by atoms with E-state index in [1.807, 2.05) is 18.0 Å². The van der Waals surface area contributed by atoms with Gasteiger partial charge in [0.1, 0.15) is 5.52 Å². The smallest absolute Gasteiger partial charge is 0.275 e. The van der Waals surface area contributed by atoms with Crippen LogP contribution >= 0.6 is 11.8 Å². The van der Waals surface area contributed by atoms with Gasteiger partial charge in [0.2, 0.25) is 0 Å². The molecule has 0 saturated heterocycles. The predicted octanol–water partition coefficient (Wildman–Crippen LogP) is 1.09. The number of hydrogen-bond donors (Lipinski definition) is 3. The molecule has 17 heavy (non-hydrogen) atoms. The number of hydrogen-bond acceptors (Lipinski definition) is 4. The zero-order valence-electron chi connectivity index (χ0n) is 9.91. The lowest BCUT2D eigenvalue weighted by Gasteiger charge is -2.11. The molecular weight excluding hydrogens is 236 g/mol. The first-order valence-electron chi connectivity index (χ1n) is 5.48. The van der Waals surface area contributed by atoms with Gasteiger partial charge in [-0.2, -0.15) is 11.8 Å². The lowest BCUT2D eigenvalue weighted by molar-refractivity contribution is 0.597. The van der Waals surface area contributed by atoms with Crippen LogP contribution in [-0.4, -0.2) is 33.0 Å². The van der Waals surface area contributed by atoms with Gasteiger partial charge in [-0.15, -0.1) is 0 Å². The Bertz CT molecular complexity index is 548. The molecule has 2 heterocycles. The Balaban J connectivity index is 2.14. The van der Waals surface area contributed by atoms with E-state index in [2.05, 4.69) is 33.4 Å². The Kier molecular flexibility index (Phi) is 3.86. The molecule has 0 aliphatic rings. The summed E-state index contributed by atoms with van der Waals surface area (Å²) in [5, 5.41) is 3.40. The molecule has 6 heteroatoms. The van der Waals surface area contributed by atoms with Gasteiger partial charge >= 0.3 is 0 Å². The van der Waals surface area contributed by atoms with Crippen molar-refractivity contribution in [3.63, 3.8) is 0 Å². The first-order valence-corrected chi connectivity index (χ1v) is 6.87. The fraction of sp³-hybridized carbons (Fsp3) is 0.455. The lowest BCUT2D eigenvalue weighted by Crippen LogP contribution is -2.27. The maximum Gasteiger partial charge on any atom is 0.275 e. The summed E-state index contributed by atoms with van der Waals surface area (Å²) >= 11 is 1.81. The molecule has 1 atom stereocenters. The van der Waals surface area contributed by atoms with Crippen LogP contribution in [0.15, 0.2) is 17.3 Å².